The third-order valence-corrected chi connectivity index (χ3v) is 3.84. The molecule has 0 N–H and O–H groups in total. The van der Waals surface area contributed by atoms with Gasteiger partial charge in [0.05, 0.1) is 16.8 Å². The Morgan fingerprint density at radius 3 is 2.50 bits per heavy atom. The predicted octanol–water partition coefficient (Wildman–Crippen LogP) is 3.33. The minimum atomic E-state index is -0.216. The smallest absolute Gasteiger partial charge is 0.267 e. The third kappa shape index (κ3) is 2.23. The van der Waals surface area contributed by atoms with Crippen molar-refractivity contribution in [2.45, 2.75) is 0 Å². The topological polar surface area (TPSA) is 52.2 Å². The van der Waals surface area contributed by atoms with Gasteiger partial charge in [-0.3, -0.25) is 4.79 Å². The Kier molecular flexibility index (Phi) is 3.31. The van der Waals surface area contributed by atoms with E-state index in [-0.39, 0.29) is 5.56 Å². The maximum Gasteiger partial charge on any atom is 0.270 e. The highest BCUT2D eigenvalue weighted by Gasteiger charge is 2.17. The van der Waals surface area contributed by atoms with Crippen molar-refractivity contribution in [3.63, 3.8) is 0 Å². The van der Waals surface area contributed by atoms with E-state index in [1.165, 1.54) is 16.9 Å². The van der Waals surface area contributed by atoms with Gasteiger partial charge in [-0.05, 0) is 18.2 Å². The Morgan fingerprint density at radius 1 is 0.917 bits per heavy atom. The van der Waals surface area contributed by atoms with Crippen molar-refractivity contribution in [2.24, 2.45) is 0 Å². The van der Waals surface area contributed by atoms with Crippen LogP contribution in [0, 0.1) is 0 Å². The van der Waals surface area contributed by atoms with Crippen LogP contribution in [0.2, 0.25) is 0 Å². The maximum atomic E-state index is 11.8. The molecule has 1 aromatic carbocycles. The Balaban J connectivity index is 2.07. The molecule has 3 aromatic heterocycles. The van der Waals surface area contributed by atoms with E-state index in [2.05, 4.69) is 11.7 Å². The van der Waals surface area contributed by atoms with Gasteiger partial charge >= 0.3 is 0 Å². The molecule has 0 spiro atoms. The molecule has 0 atom stereocenters. The Morgan fingerprint density at radius 2 is 1.71 bits per heavy atom. The first-order valence-corrected chi connectivity index (χ1v) is 7.53. The highest BCUT2D eigenvalue weighted by molar-refractivity contribution is 5.90. The lowest BCUT2D eigenvalue weighted by molar-refractivity contribution is 0.860. The van der Waals surface area contributed by atoms with Gasteiger partial charge in [-0.15, -0.1) is 0 Å². The highest BCUT2D eigenvalue weighted by Crippen LogP contribution is 2.33. The summed E-state index contributed by atoms with van der Waals surface area (Å²) >= 11 is 0. The predicted molar refractivity (Wildman–Crippen MR) is 94.5 cm³/mol. The first-order chi connectivity index (χ1) is 11.8. The Bertz CT molecular complexity index is 1090. The normalized spacial score (nSPS) is 10.8. The van der Waals surface area contributed by atoms with Gasteiger partial charge in [-0.25, -0.2) is 9.20 Å². The minimum Gasteiger partial charge on any atom is -0.267 e. The SMILES string of the molecule is C=Cn1nc(-c2c(-c3ccccc3)nn3ccccc23)ccc1=O. The number of aromatic nitrogens is 4. The number of hydrogen-bond donors (Lipinski definition) is 0. The summed E-state index contributed by atoms with van der Waals surface area (Å²) in [7, 11) is 0. The van der Waals surface area contributed by atoms with E-state index < -0.39 is 0 Å². The van der Waals surface area contributed by atoms with Gasteiger partial charge in [0.15, 0.2) is 0 Å². The average molecular weight is 314 g/mol. The van der Waals surface area contributed by atoms with Crippen LogP contribution >= 0.6 is 0 Å². The second kappa shape index (κ2) is 5.62. The molecule has 5 heteroatoms. The van der Waals surface area contributed by atoms with Crippen LogP contribution in [0.15, 0.2) is 78.2 Å². The molecule has 0 aliphatic heterocycles. The van der Waals surface area contributed by atoms with Gasteiger partial charge in [0, 0.05) is 24.0 Å². The number of fused-ring (bicyclic) bond motifs is 1. The first-order valence-electron chi connectivity index (χ1n) is 7.53. The van der Waals surface area contributed by atoms with Crippen molar-refractivity contribution in [2.75, 3.05) is 0 Å². The van der Waals surface area contributed by atoms with Crippen molar-refractivity contribution in [3.05, 3.63) is 83.8 Å². The molecule has 0 saturated heterocycles. The lowest BCUT2D eigenvalue weighted by atomic mass is 10.0. The van der Waals surface area contributed by atoms with Crippen LogP contribution in [0.1, 0.15) is 0 Å². The van der Waals surface area contributed by atoms with Crippen LogP contribution < -0.4 is 5.56 Å². The van der Waals surface area contributed by atoms with E-state index in [0.717, 1.165) is 22.3 Å². The summed E-state index contributed by atoms with van der Waals surface area (Å²) in [6.45, 7) is 3.64. The van der Waals surface area contributed by atoms with E-state index >= 15 is 0 Å². The number of benzene rings is 1. The fourth-order valence-corrected chi connectivity index (χ4v) is 2.74. The first kappa shape index (κ1) is 14.1. The molecule has 4 rings (SSSR count). The van der Waals surface area contributed by atoms with Gasteiger partial charge < -0.3 is 0 Å². The van der Waals surface area contributed by atoms with Crippen LogP contribution in [-0.4, -0.2) is 19.4 Å². The molecule has 3 heterocycles. The molecular weight excluding hydrogens is 300 g/mol. The number of hydrogen-bond acceptors (Lipinski definition) is 3. The lowest BCUT2D eigenvalue weighted by Gasteiger charge is -2.05. The van der Waals surface area contributed by atoms with Crippen molar-refractivity contribution in [3.8, 4) is 22.5 Å². The summed E-state index contributed by atoms with van der Waals surface area (Å²) in [5.74, 6) is 0. The van der Waals surface area contributed by atoms with Crippen molar-refractivity contribution >= 4 is 11.7 Å². The fourth-order valence-electron chi connectivity index (χ4n) is 2.74. The fraction of sp³-hybridized carbons (Fsp3) is 0. The molecule has 0 fully saturated rings. The van der Waals surface area contributed by atoms with Crippen LogP contribution in [0.3, 0.4) is 0 Å². The van der Waals surface area contributed by atoms with Crippen molar-refractivity contribution in [1.82, 2.24) is 19.4 Å². The van der Waals surface area contributed by atoms with Crippen molar-refractivity contribution < 1.29 is 0 Å². The van der Waals surface area contributed by atoms with Crippen LogP contribution in [0.5, 0.6) is 0 Å². The Labute approximate surface area is 138 Å². The lowest BCUT2D eigenvalue weighted by Crippen LogP contribution is -2.16. The molecular formula is C19H14N4O. The molecule has 0 amide bonds. The number of rotatable bonds is 3. The van der Waals surface area contributed by atoms with E-state index in [1.807, 2.05) is 59.2 Å². The average Bonchev–Trinajstić information content (AvgIpc) is 3.02. The van der Waals surface area contributed by atoms with E-state index in [1.54, 1.807) is 6.07 Å². The maximum absolute atomic E-state index is 11.8. The zero-order chi connectivity index (χ0) is 16.5. The summed E-state index contributed by atoms with van der Waals surface area (Å²) in [5.41, 5.74) is 4.09. The van der Waals surface area contributed by atoms with Crippen molar-refractivity contribution in [1.29, 1.82) is 0 Å². The number of pyridine rings is 1. The van der Waals surface area contributed by atoms with Crippen LogP contribution in [0.25, 0.3) is 34.2 Å². The molecule has 24 heavy (non-hydrogen) atoms. The summed E-state index contributed by atoms with van der Waals surface area (Å²) in [6.07, 6.45) is 3.30. The van der Waals surface area contributed by atoms with Crippen LogP contribution in [-0.2, 0) is 0 Å². The number of nitrogens with zero attached hydrogens (tertiary/aromatic N) is 4. The second-order valence-corrected chi connectivity index (χ2v) is 5.30. The largest absolute Gasteiger partial charge is 0.270 e. The van der Waals surface area contributed by atoms with Crippen LogP contribution in [0.4, 0.5) is 0 Å². The standard InChI is InChI=1S/C19H14N4O/c1-2-22-17(24)12-11-15(20-22)18-16-10-6-7-13-23(16)21-19(18)14-8-4-3-5-9-14/h2-13H,1H2. The molecule has 116 valence electrons. The molecule has 4 aromatic rings. The summed E-state index contributed by atoms with van der Waals surface area (Å²) in [5, 5.41) is 9.10. The second-order valence-electron chi connectivity index (χ2n) is 5.30. The summed E-state index contributed by atoms with van der Waals surface area (Å²) in [6, 6.07) is 19.0. The van der Waals surface area contributed by atoms with Gasteiger partial charge in [-0.2, -0.15) is 10.2 Å². The zero-order valence-electron chi connectivity index (χ0n) is 12.8. The highest BCUT2D eigenvalue weighted by atomic mass is 16.1. The van der Waals surface area contributed by atoms with E-state index in [9.17, 15) is 4.79 Å². The molecule has 0 bridgehead atoms. The molecule has 0 aliphatic rings. The molecule has 0 radical (unpaired) electrons. The van der Waals surface area contributed by atoms with E-state index in [0.29, 0.717) is 5.69 Å². The quantitative estimate of drug-likeness (QED) is 0.583. The summed E-state index contributed by atoms with van der Waals surface area (Å²) < 4.78 is 3.05. The van der Waals surface area contributed by atoms with Gasteiger partial charge in [-0.1, -0.05) is 43.0 Å². The van der Waals surface area contributed by atoms with Gasteiger partial charge in [0.25, 0.3) is 5.56 Å². The monoisotopic (exact) mass is 314 g/mol. The third-order valence-electron chi connectivity index (χ3n) is 3.84. The molecule has 0 saturated carbocycles. The van der Waals surface area contributed by atoms with Gasteiger partial charge in [0.1, 0.15) is 5.69 Å². The summed E-state index contributed by atoms with van der Waals surface area (Å²) in [4.78, 5) is 11.8. The molecule has 5 nitrogen and oxygen atoms in total. The minimum absolute atomic E-state index is 0.216. The zero-order valence-corrected chi connectivity index (χ0v) is 12.8. The Hall–Kier alpha value is -3.47. The molecule has 0 unspecified atom stereocenters. The van der Waals surface area contributed by atoms with E-state index in [4.69, 9.17) is 5.10 Å². The molecule has 0 aliphatic carbocycles. The van der Waals surface area contributed by atoms with Gasteiger partial charge in [0.2, 0.25) is 0 Å².